The smallest absolute Gasteiger partial charge is 0.250 e. The number of carbonyl (C=O) groups excluding carboxylic acids is 2. The predicted molar refractivity (Wildman–Crippen MR) is 154 cm³/mol. The summed E-state index contributed by atoms with van der Waals surface area (Å²) in [6, 6.07) is 16.4. The van der Waals surface area contributed by atoms with E-state index in [-0.39, 0.29) is 61.7 Å². The molecule has 0 bridgehead atoms. The second kappa shape index (κ2) is 13.6. The number of anilines is 1. The van der Waals surface area contributed by atoms with Gasteiger partial charge in [-0.2, -0.15) is 0 Å². The van der Waals surface area contributed by atoms with Crippen LogP contribution in [0.15, 0.2) is 72.2 Å². The van der Waals surface area contributed by atoms with Gasteiger partial charge in [-0.15, -0.1) is 29.9 Å². The van der Waals surface area contributed by atoms with Gasteiger partial charge in [0.25, 0.3) is 0 Å². The van der Waals surface area contributed by atoms with Crippen molar-refractivity contribution < 1.29 is 14.0 Å². The van der Waals surface area contributed by atoms with Crippen molar-refractivity contribution in [1.29, 1.82) is 0 Å². The number of hydrogen-bond donors (Lipinski definition) is 2. The number of amides is 2. The number of carbonyl (C=O) groups is 2. The second-order valence-corrected chi connectivity index (χ2v) is 9.57. The van der Waals surface area contributed by atoms with Crippen molar-refractivity contribution in [3.63, 3.8) is 0 Å². The van der Waals surface area contributed by atoms with E-state index < -0.39 is 12.1 Å². The van der Waals surface area contributed by atoms with Crippen molar-refractivity contribution in [2.75, 3.05) is 4.90 Å². The number of aromatic nitrogens is 3. The van der Waals surface area contributed by atoms with Crippen LogP contribution in [-0.2, 0) is 29.0 Å². The van der Waals surface area contributed by atoms with Crippen LogP contribution in [0.4, 0.5) is 10.1 Å². The molecule has 3 heterocycles. The summed E-state index contributed by atoms with van der Waals surface area (Å²) in [5, 5.41) is 8.79. The number of nitrogens with two attached hydrogens (primary N) is 1. The van der Waals surface area contributed by atoms with Crippen molar-refractivity contribution in [2.45, 2.75) is 37.9 Å². The van der Waals surface area contributed by atoms with E-state index in [0.717, 1.165) is 28.2 Å². The maximum atomic E-state index is 13.9. The number of hydrogen-bond acceptors (Lipinski definition) is 7. The lowest BCUT2D eigenvalue weighted by atomic mass is 9.99. The summed E-state index contributed by atoms with van der Waals surface area (Å²) in [4.78, 5) is 32.4. The quantitative estimate of drug-likeness (QED) is 0.320. The van der Waals surface area contributed by atoms with E-state index in [4.69, 9.17) is 5.73 Å². The van der Waals surface area contributed by atoms with Crippen molar-refractivity contribution in [2.24, 2.45) is 5.73 Å². The van der Waals surface area contributed by atoms with E-state index in [2.05, 4.69) is 19.9 Å². The van der Waals surface area contributed by atoms with Gasteiger partial charge in [0, 0.05) is 36.0 Å². The summed E-state index contributed by atoms with van der Waals surface area (Å²) in [5.41, 5.74) is 10.7. The molecule has 39 heavy (non-hydrogen) atoms. The van der Waals surface area contributed by atoms with Crippen molar-refractivity contribution >= 4 is 53.8 Å². The van der Waals surface area contributed by atoms with Gasteiger partial charge in [0.15, 0.2) is 0 Å². The summed E-state index contributed by atoms with van der Waals surface area (Å²) >= 11 is 1.29. The molecule has 2 amide bonds. The largest absolute Gasteiger partial charge is 0.344 e. The molecule has 1 aliphatic rings. The van der Waals surface area contributed by atoms with E-state index >= 15 is 0 Å². The van der Waals surface area contributed by atoms with Gasteiger partial charge in [-0.3, -0.25) is 14.6 Å². The van der Waals surface area contributed by atoms with Crippen LogP contribution in [0.3, 0.4) is 0 Å². The normalized spacial score (nSPS) is 15.0. The first-order valence-electron chi connectivity index (χ1n) is 11.9. The summed E-state index contributed by atoms with van der Waals surface area (Å²) in [6.45, 7) is 0.326. The number of nitrogens with zero attached hydrogens (tertiary/aromatic N) is 4. The fraction of sp³-hybridized carbons (Fsp3) is 0.222. The standard InChI is InChI=1S/C27H25FN6O2S.2ClH/c28-21-5-2-1-4-19(21)12-20(29)13-26(35)31-23-14-22-25(6-3-11-30-22)34(27(23)36)15-17-7-9-18(10-8-17)24-16-37-33-32-24;;/h1-11,16,20,23H,12-15,29H2,(H,31,35);2*1H/t20-,23?;;/m1../s1. The van der Waals surface area contributed by atoms with Crippen LogP contribution in [-0.4, -0.2) is 38.5 Å². The number of rotatable bonds is 8. The lowest BCUT2D eigenvalue weighted by molar-refractivity contribution is -0.128. The number of benzene rings is 2. The van der Waals surface area contributed by atoms with Gasteiger partial charge in [-0.05, 0) is 47.3 Å². The highest BCUT2D eigenvalue weighted by Crippen LogP contribution is 2.28. The number of halogens is 3. The Morgan fingerprint density at radius 1 is 1.13 bits per heavy atom. The predicted octanol–water partition coefficient (Wildman–Crippen LogP) is 4.12. The third-order valence-electron chi connectivity index (χ3n) is 6.29. The summed E-state index contributed by atoms with van der Waals surface area (Å²) in [7, 11) is 0. The monoisotopic (exact) mass is 588 g/mol. The Labute approximate surface area is 241 Å². The Hall–Kier alpha value is -3.44. The Morgan fingerprint density at radius 2 is 1.90 bits per heavy atom. The highest BCUT2D eigenvalue weighted by atomic mass is 35.5. The number of fused-ring (bicyclic) bond motifs is 1. The Balaban J connectivity index is 0.00000210. The maximum Gasteiger partial charge on any atom is 0.250 e. The molecule has 2 aromatic heterocycles. The molecule has 204 valence electrons. The van der Waals surface area contributed by atoms with E-state index in [1.165, 1.54) is 17.6 Å². The average molecular weight is 590 g/mol. The highest BCUT2D eigenvalue weighted by Gasteiger charge is 2.34. The molecule has 2 aromatic carbocycles. The average Bonchev–Trinajstić information content (AvgIpc) is 3.43. The van der Waals surface area contributed by atoms with Crippen LogP contribution in [0.25, 0.3) is 11.3 Å². The van der Waals surface area contributed by atoms with E-state index in [1.807, 2.05) is 35.7 Å². The fourth-order valence-corrected chi connectivity index (χ4v) is 4.93. The van der Waals surface area contributed by atoms with Gasteiger partial charge < -0.3 is 16.0 Å². The molecule has 0 spiro atoms. The highest BCUT2D eigenvalue weighted by molar-refractivity contribution is 7.03. The molecule has 2 atom stereocenters. The number of nitrogens with one attached hydrogen (secondary N) is 1. The third kappa shape index (κ3) is 7.15. The molecule has 0 radical (unpaired) electrons. The van der Waals surface area contributed by atoms with E-state index in [1.54, 1.807) is 35.4 Å². The molecule has 0 saturated heterocycles. The minimum Gasteiger partial charge on any atom is -0.344 e. The fourth-order valence-electron chi connectivity index (χ4n) is 4.46. The molecule has 1 unspecified atom stereocenters. The molecule has 4 aromatic rings. The van der Waals surface area contributed by atoms with Crippen molar-refractivity contribution in [3.8, 4) is 11.3 Å². The van der Waals surface area contributed by atoms with Gasteiger partial charge in [0.2, 0.25) is 11.8 Å². The van der Waals surface area contributed by atoms with Gasteiger partial charge in [0.05, 0.1) is 17.9 Å². The van der Waals surface area contributed by atoms with Crippen LogP contribution >= 0.6 is 36.3 Å². The molecular weight excluding hydrogens is 562 g/mol. The zero-order chi connectivity index (χ0) is 25.8. The van der Waals surface area contributed by atoms with Crippen molar-refractivity contribution in [3.05, 3.63) is 94.9 Å². The summed E-state index contributed by atoms with van der Waals surface area (Å²) in [5.74, 6) is -0.928. The van der Waals surface area contributed by atoms with Crippen LogP contribution in [0.5, 0.6) is 0 Å². The van der Waals surface area contributed by atoms with Gasteiger partial charge in [-0.25, -0.2) is 4.39 Å². The Kier molecular flexibility index (Phi) is 10.5. The molecule has 0 aliphatic carbocycles. The third-order valence-corrected chi connectivity index (χ3v) is 6.80. The van der Waals surface area contributed by atoms with Crippen LogP contribution in [0.2, 0.25) is 0 Å². The minimum absolute atomic E-state index is 0. The molecule has 0 fully saturated rings. The Morgan fingerprint density at radius 3 is 2.62 bits per heavy atom. The topological polar surface area (TPSA) is 114 Å². The van der Waals surface area contributed by atoms with Gasteiger partial charge in [0.1, 0.15) is 17.6 Å². The Bertz CT molecular complexity index is 1410. The molecule has 0 saturated carbocycles. The van der Waals surface area contributed by atoms with Crippen LogP contribution in [0.1, 0.15) is 23.2 Å². The maximum absolute atomic E-state index is 13.9. The summed E-state index contributed by atoms with van der Waals surface area (Å²) < 4.78 is 17.8. The molecule has 3 N–H and O–H groups in total. The zero-order valence-corrected chi connectivity index (χ0v) is 23.1. The van der Waals surface area contributed by atoms with Gasteiger partial charge in [-0.1, -0.05) is 47.0 Å². The second-order valence-electron chi connectivity index (χ2n) is 8.96. The number of pyridine rings is 1. The molecule has 12 heteroatoms. The lowest BCUT2D eigenvalue weighted by Gasteiger charge is -2.34. The first-order valence-corrected chi connectivity index (χ1v) is 12.7. The van der Waals surface area contributed by atoms with E-state index in [9.17, 15) is 14.0 Å². The molecule has 5 rings (SSSR count). The SMILES string of the molecule is Cl.Cl.N[C@@H](CC(=O)NC1Cc2ncccc2N(Cc2ccc(-c3csnn3)cc2)C1=O)Cc1ccccc1F. The van der Waals surface area contributed by atoms with Crippen LogP contribution in [0, 0.1) is 5.82 Å². The van der Waals surface area contributed by atoms with Gasteiger partial charge >= 0.3 is 0 Å². The van der Waals surface area contributed by atoms with E-state index in [0.29, 0.717) is 12.1 Å². The molecule has 1 aliphatic heterocycles. The molecule has 8 nitrogen and oxygen atoms in total. The lowest BCUT2D eigenvalue weighted by Crippen LogP contribution is -2.53. The van der Waals surface area contributed by atoms with Crippen molar-refractivity contribution in [1.82, 2.24) is 19.9 Å². The minimum atomic E-state index is -0.768. The first-order chi connectivity index (χ1) is 18.0. The first kappa shape index (κ1) is 30.1. The summed E-state index contributed by atoms with van der Waals surface area (Å²) in [6.07, 6.45) is 2.16. The molecular formula is C27H27Cl2FN6O2S. The zero-order valence-electron chi connectivity index (χ0n) is 20.7. The van der Waals surface area contributed by atoms with Crippen LogP contribution < -0.4 is 16.0 Å².